The van der Waals surface area contributed by atoms with E-state index in [1.807, 2.05) is 0 Å². The van der Waals surface area contributed by atoms with Crippen LogP contribution in [-0.4, -0.2) is 34.2 Å². The van der Waals surface area contributed by atoms with Crippen molar-refractivity contribution in [1.82, 2.24) is 0 Å². The first-order chi connectivity index (χ1) is 7.00. The lowest BCUT2D eigenvalue weighted by Gasteiger charge is -2.16. The molecule has 1 atom stereocenters. The number of carbonyl (C=O) groups is 3. The fraction of sp³-hybridized carbons (Fsp3) is 0.444. The molecule has 15 heavy (non-hydrogen) atoms. The van der Waals surface area contributed by atoms with Gasteiger partial charge in [0.1, 0.15) is 0 Å². The molecule has 0 radical (unpaired) electrons. The highest BCUT2D eigenvalue weighted by Crippen LogP contribution is 2.20. The molecule has 0 fully saturated rings. The van der Waals surface area contributed by atoms with Gasteiger partial charge < -0.3 is 14.9 Å². The van der Waals surface area contributed by atoms with Crippen LogP contribution in [-0.2, 0) is 19.1 Å². The maximum atomic E-state index is 11.2. The van der Waals surface area contributed by atoms with Crippen LogP contribution in [0.3, 0.4) is 0 Å². The Bertz CT molecular complexity index is 329. The van der Waals surface area contributed by atoms with Crippen molar-refractivity contribution < 1.29 is 29.3 Å². The molecule has 0 aromatic carbocycles. The fourth-order valence-electron chi connectivity index (χ4n) is 1.02. The van der Waals surface area contributed by atoms with Crippen molar-refractivity contribution in [2.24, 2.45) is 0 Å². The normalized spacial score (nSPS) is 15.9. The van der Waals surface area contributed by atoms with Gasteiger partial charge in [-0.05, 0) is 12.8 Å². The molecule has 0 amide bonds. The molecular weight excluding hydrogens is 204 g/mol. The zero-order chi connectivity index (χ0) is 11.4. The van der Waals surface area contributed by atoms with Crippen LogP contribution >= 0.6 is 0 Å². The van der Waals surface area contributed by atoms with Crippen LogP contribution in [0.1, 0.15) is 19.3 Å². The topological polar surface area (TPSA) is 101 Å². The smallest absolute Gasteiger partial charge is 0.345 e. The molecule has 0 bridgehead atoms. The van der Waals surface area contributed by atoms with Gasteiger partial charge in [0.15, 0.2) is 0 Å². The molecule has 0 saturated carbocycles. The number of carboxylic acids is 2. The number of ether oxygens (including phenoxy) is 1. The average Bonchev–Trinajstić information content (AvgIpc) is 1.98. The van der Waals surface area contributed by atoms with Crippen LogP contribution in [0.25, 0.3) is 0 Å². The molecule has 1 aliphatic rings. The van der Waals surface area contributed by atoms with Crippen molar-refractivity contribution in [3.05, 3.63) is 11.6 Å². The number of carbonyl (C=O) groups excluding carboxylic acids is 1. The van der Waals surface area contributed by atoms with E-state index in [2.05, 4.69) is 4.74 Å². The van der Waals surface area contributed by atoms with E-state index in [1.165, 1.54) is 0 Å². The van der Waals surface area contributed by atoms with Crippen molar-refractivity contribution in [3.8, 4) is 0 Å². The lowest BCUT2D eigenvalue weighted by Crippen LogP contribution is -2.30. The van der Waals surface area contributed by atoms with Gasteiger partial charge in [-0.15, -0.1) is 0 Å². The molecule has 1 aliphatic carbocycles. The van der Waals surface area contributed by atoms with Crippen LogP contribution < -0.4 is 0 Å². The Morgan fingerprint density at radius 2 is 2.00 bits per heavy atom. The van der Waals surface area contributed by atoms with E-state index in [-0.39, 0.29) is 0 Å². The molecule has 0 aliphatic heterocycles. The Hall–Kier alpha value is -1.85. The summed E-state index contributed by atoms with van der Waals surface area (Å²) in [7, 11) is 0. The lowest BCUT2D eigenvalue weighted by molar-refractivity contribution is -0.165. The zero-order valence-corrected chi connectivity index (χ0v) is 7.80. The molecule has 82 valence electrons. The Morgan fingerprint density at radius 1 is 1.40 bits per heavy atom. The van der Waals surface area contributed by atoms with Crippen LogP contribution in [0.4, 0.5) is 0 Å². The Kier molecular flexibility index (Phi) is 3.43. The molecule has 2 N–H and O–H groups in total. The summed E-state index contributed by atoms with van der Waals surface area (Å²) in [6.07, 6.45) is 0.604. The quantitative estimate of drug-likeness (QED) is 0.633. The van der Waals surface area contributed by atoms with Crippen molar-refractivity contribution >= 4 is 17.9 Å². The number of hydrogen-bond donors (Lipinski definition) is 2. The van der Waals surface area contributed by atoms with E-state index in [0.717, 1.165) is 6.42 Å². The first kappa shape index (κ1) is 11.2. The van der Waals surface area contributed by atoms with Gasteiger partial charge in [0.05, 0.1) is 6.42 Å². The third-order valence-corrected chi connectivity index (χ3v) is 1.95. The maximum Gasteiger partial charge on any atom is 0.345 e. The Morgan fingerprint density at radius 3 is 2.33 bits per heavy atom. The summed E-state index contributed by atoms with van der Waals surface area (Å²) >= 11 is 0. The second-order valence-corrected chi connectivity index (χ2v) is 3.10. The highest BCUT2D eigenvalue weighted by Gasteiger charge is 2.27. The van der Waals surface area contributed by atoms with Gasteiger partial charge in [-0.1, -0.05) is 6.08 Å². The van der Waals surface area contributed by atoms with Gasteiger partial charge in [-0.3, -0.25) is 4.79 Å². The largest absolute Gasteiger partial charge is 0.481 e. The number of esters is 1. The molecule has 0 heterocycles. The zero-order valence-electron chi connectivity index (χ0n) is 7.80. The molecule has 6 nitrogen and oxygen atoms in total. The van der Waals surface area contributed by atoms with Crippen LogP contribution in [0, 0.1) is 0 Å². The molecule has 1 unspecified atom stereocenters. The third-order valence-electron chi connectivity index (χ3n) is 1.95. The van der Waals surface area contributed by atoms with E-state index < -0.39 is 30.4 Å². The van der Waals surface area contributed by atoms with E-state index in [0.29, 0.717) is 12.0 Å². The summed E-state index contributed by atoms with van der Waals surface area (Å²) in [4.78, 5) is 32.0. The minimum absolute atomic E-state index is 0.409. The molecule has 0 spiro atoms. The molecule has 0 aromatic rings. The summed E-state index contributed by atoms with van der Waals surface area (Å²) in [6.45, 7) is 0. The average molecular weight is 214 g/mol. The van der Waals surface area contributed by atoms with Crippen LogP contribution in [0.15, 0.2) is 11.6 Å². The second-order valence-electron chi connectivity index (χ2n) is 3.10. The van der Waals surface area contributed by atoms with Crippen LogP contribution in [0.5, 0.6) is 0 Å². The van der Waals surface area contributed by atoms with Gasteiger partial charge in [0, 0.05) is 5.57 Å². The molecule has 0 aromatic heterocycles. The molecule has 1 rings (SSSR count). The monoisotopic (exact) mass is 214 g/mol. The predicted molar refractivity (Wildman–Crippen MR) is 47.1 cm³/mol. The highest BCUT2D eigenvalue weighted by atomic mass is 16.6. The Labute approximate surface area is 85.1 Å². The summed E-state index contributed by atoms with van der Waals surface area (Å²) in [5.74, 6) is -3.52. The standard InChI is InChI=1S/C9H10O6/c10-7(11)4-6(8(12)13)15-9(14)5-2-1-3-5/h2,6H,1,3-4H2,(H,10,11)(H,12,13). The fourth-order valence-corrected chi connectivity index (χ4v) is 1.02. The number of aliphatic carboxylic acids is 2. The molecule has 6 heteroatoms. The molecule has 0 saturated heterocycles. The van der Waals surface area contributed by atoms with Crippen molar-refractivity contribution in [1.29, 1.82) is 0 Å². The van der Waals surface area contributed by atoms with Gasteiger partial charge in [0.2, 0.25) is 6.10 Å². The number of carboxylic acid groups (broad SMARTS) is 2. The van der Waals surface area contributed by atoms with E-state index in [4.69, 9.17) is 10.2 Å². The molecular formula is C9H10O6. The van der Waals surface area contributed by atoms with Gasteiger partial charge in [0.25, 0.3) is 0 Å². The maximum absolute atomic E-state index is 11.2. The van der Waals surface area contributed by atoms with Gasteiger partial charge in [-0.25, -0.2) is 9.59 Å². The summed E-state index contributed by atoms with van der Waals surface area (Å²) in [5.41, 5.74) is 0.409. The first-order valence-electron chi connectivity index (χ1n) is 4.35. The highest BCUT2D eigenvalue weighted by molar-refractivity contribution is 5.92. The van der Waals surface area contributed by atoms with E-state index in [9.17, 15) is 14.4 Å². The summed E-state index contributed by atoms with van der Waals surface area (Å²) in [6, 6.07) is 0. The summed E-state index contributed by atoms with van der Waals surface area (Å²) < 4.78 is 4.54. The van der Waals surface area contributed by atoms with Crippen molar-refractivity contribution in [2.75, 3.05) is 0 Å². The van der Waals surface area contributed by atoms with Crippen molar-refractivity contribution in [3.63, 3.8) is 0 Å². The number of rotatable bonds is 5. The minimum Gasteiger partial charge on any atom is -0.481 e. The van der Waals surface area contributed by atoms with Crippen molar-refractivity contribution in [2.45, 2.75) is 25.4 Å². The van der Waals surface area contributed by atoms with Gasteiger partial charge in [-0.2, -0.15) is 0 Å². The van der Waals surface area contributed by atoms with E-state index >= 15 is 0 Å². The number of allylic oxidation sites excluding steroid dienone is 1. The lowest BCUT2D eigenvalue weighted by atomic mass is 9.99. The number of hydrogen-bond acceptors (Lipinski definition) is 4. The first-order valence-corrected chi connectivity index (χ1v) is 4.35. The van der Waals surface area contributed by atoms with Crippen LogP contribution in [0.2, 0.25) is 0 Å². The Balaban J connectivity index is 2.54. The van der Waals surface area contributed by atoms with Gasteiger partial charge >= 0.3 is 17.9 Å². The van der Waals surface area contributed by atoms with E-state index in [1.54, 1.807) is 6.08 Å². The minimum atomic E-state index is -1.61. The SMILES string of the molecule is O=C(O)CC(OC(=O)C1=CCC1)C(=O)O. The predicted octanol–water partition coefficient (Wildman–Crippen LogP) is 0.178. The third kappa shape index (κ3) is 3.08. The second kappa shape index (κ2) is 4.59. The summed E-state index contributed by atoms with van der Waals surface area (Å²) in [5, 5.41) is 17.0.